The third-order valence-electron chi connectivity index (χ3n) is 3.59. The largest absolute Gasteiger partial charge is 0.289 e. The van der Waals surface area contributed by atoms with E-state index in [1.165, 1.54) is 12.8 Å². The molecule has 0 aromatic heterocycles. The molecule has 1 aliphatic rings. The molecule has 0 unspecified atom stereocenters. The molecule has 0 atom stereocenters. The molecule has 0 heterocycles. The fraction of sp³-hybridized carbons (Fsp3) is 0.600. The van der Waals surface area contributed by atoms with Gasteiger partial charge in [-0.3, -0.25) is 9.59 Å². The van der Waals surface area contributed by atoms with E-state index in [0.717, 1.165) is 24.8 Å². The summed E-state index contributed by atoms with van der Waals surface area (Å²) in [5.41, 5.74) is 2.65. The van der Waals surface area contributed by atoms with Crippen LogP contribution in [0.5, 0.6) is 0 Å². The van der Waals surface area contributed by atoms with Gasteiger partial charge in [0.2, 0.25) is 0 Å². The Bertz CT molecular complexity index is 397. The van der Waals surface area contributed by atoms with Gasteiger partial charge in [0.1, 0.15) is 0 Å². The van der Waals surface area contributed by atoms with E-state index in [1.807, 2.05) is 0 Å². The van der Waals surface area contributed by atoms with Crippen LogP contribution in [0.25, 0.3) is 0 Å². The summed E-state index contributed by atoms with van der Waals surface area (Å²) in [6.45, 7) is 7.45. The maximum absolute atomic E-state index is 12.1. The van der Waals surface area contributed by atoms with Gasteiger partial charge in [0.05, 0.1) is 0 Å². The van der Waals surface area contributed by atoms with Crippen molar-refractivity contribution in [1.82, 2.24) is 0 Å². The Morgan fingerprint density at radius 1 is 0.765 bits per heavy atom. The topological polar surface area (TPSA) is 34.1 Å². The summed E-state index contributed by atoms with van der Waals surface area (Å²) in [5, 5.41) is 0. The molecule has 2 nitrogen and oxygen atoms in total. The summed E-state index contributed by atoms with van der Waals surface area (Å²) in [6, 6.07) is 0. The highest BCUT2D eigenvalue weighted by Gasteiger charge is 2.26. The monoisotopic (exact) mass is 234 g/mol. The van der Waals surface area contributed by atoms with Crippen molar-refractivity contribution in [3.05, 3.63) is 22.3 Å². The number of unbranched alkanes of at least 4 members (excludes halogenated alkanes) is 3. The standard InChI is InChI=1S/C15H22O2/c1-5-6-7-8-9-13-12(4)14(16)10(2)11(3)15(13)17/h5-9H2,1-4H3. The lowest BCUT2D eigenvalue weighted by molar-refractivity contribution is -0.116. The molecule has 1 rings (SSSR count). The summed E-state index contributed by atoms with van der Waals surface area (Å²) in [5.74, 6) is 0.128. The molecule has 0 saturated heterocycles. The first-order valence-corrected chi connectivity index (χ1v) is 6.47. The molecule has 17 heavy (non-hydrogen) atoms. The lowest BCUT2D eigenvalue weighted by atomic mass is 9.84. The van der Waals surface area contributed by atoms with E-state index in [0.29, 0.717) is 16.7 Å². The van der Waals surface area contributed by atoms with Crippen LogP contribution in [-0.4, -0.2) is 11.6 Å². The Kier molecular flexibility index (Phi) is 4.86. The van der Waals surface area contributed by atoms with Gasteiger partial charge in [0.25, 0.3) is 0 Å². The van der Waals surface area contributed by atoms with Gasteiger partial charge < -0.3 is 0 Å². The molecule has 0 aromatic carbocycles. The predicted molar refractivity (Wildman–Crippen MR) is 69.8 cm³/mol. The van der Waals surface area contributed by atoms with Crippen molar-refractivity contribution in [3.8, 4) is 0 Å². The third kappa shape index (κ3) is 2.93. The van der Waals surface area contributed by atoms with Crippen molar-refractivity contribution in [1.29, 1.82) is 0 Å². The number of Topliss-reactive ketones (excluding diaryl/α,β-unsaturated/α-hetero) is 2. The van der Waals surface area contributed by atoms with Gasteiger partial charge in [0, 0.05) is 22.3 Å². The van der Waals surface area contributed by atoms with Gasteiger partial charge >= 0.3 is 0 Å². The van der Waals surface area contributed by atoms with Gasteiger partial charge in [0.15, 0.2) is 11.6 Å². The molecule has 0 N–H and O–H groups in total. The lowest BCUT2D eigenvalue weighted by Crippen LogP contribution is -2.20. The molecular formula is C15H22O2. The second-order valence-electron chi connectivity index (χ2n) is 4.82. The predicted octanol–water partition coefficient (Wildman–Crippen LogP) is 3.76. The molecule has 0 amide bonds. The highest BCUT2D eigenvalue weighted by atomic mass is 16.1. The molecule has 0 saturated carbocycles. The van der Waals surface area contributed by atoms with Crippen LogP contribution in [0.4, 0.5) is 0 Å². The van der Waals surface area contributed by atoms with Crippen LogP contribution in [0.3, 0.4) is 0 Å². The lowest BCUT2D eigenvalue weighted by Gasteiger charge is -2.18. The Morgan fingerprint density at radius 2 is 1.35 bits per heavy atom. The number of allylic oxidation sites excluding steroid dienone is 4. The average molecular weight is 234 g/mol. The minimum absolute atomic E-state index is 0.0487. The van der Waals surface area contributed by atoms with Gasteiger partial charge in [-0.05, 0) is 33.6 Å². The van der Waals surface area contributed by atoms with Crippen molar-refractivity contribution < 1.29 is 9.59 Å². The van der Waals surface area contributed by atoms with Crippen LogP contribution in [0.1, 0.15) is 59.8 Å². The minimum atomic E-state index is 0.0487. The summed E-state index contributed by atoms with van der Waals surface area (Å²) in [6.07, 6.45) is 5.27. The van der Waals surface area contributed by atoms with E-state index in [4.69, 9.17) is 0 Å². The van der Waals surface area contributed by atoms with Crippen LogP contribution in [0, 0.1) is 0 Å². The van der Waals surface area contributed by atoms with Crippen LogP contribution in [-0.2, 0) is 9.59 Å². The van der Waals surface area contributed by atoms with Gasteiger partial charge in [-0.1, -0.05) is 26.2 Å². The van der Waals surface area contributed by atoms with Crippen molar-refractivity contribution in [2.45, 2.75) is 59.8 Å². The zero-order chi connectivity index (χ0) is 13.0. The smallest absolute Gasteiger partial charge is 0.185 e. The number of carbonyl (C=O) groups excluding carboxylic acids is 2. The normalized spacial score (nSPS) is 17.2. The summed E-state index contributed by atoms with van der Waals surface area (Å²) < 4.78 is 0. The van der Waals surface area contributed by atoms with E-state index in [1.54, 1.807) is 20.8 Å². The second-order valence-corrected chi connectivity index (χ2v) is 4.82. The molecule has 2 heteroatoms. The van der Waals surface area contributed by atoms with Crippen molar-refractivity contribution >= 4 is 11.6 Å². The van der Waals surface area contributed by atoms with Crippen LogP contribution < -0.4 is 0 Å². The molecule has 0 spiro atoms. The van der Waals surface area contributed by atoms with E-state index in [-0.39, 0.29) is 11.6 Å². The molecule has 1 aliphatic carbocycles. The highest BCUT2D eigenvalue weighted by Crippen LogP contribution is 2.27. The molecule has 0 radical (unpaired) electrons. The van der Waals surface area contributed by atoms with Crippen LogP contribution in [0.15, 0.2) is 22.3 Å². The summed E-state index contributed by atoms with van der Waals surface area (Å²) in [7, 11) is 0. The number of rotatable bonds is 5. The summed E-state index contributed by atoms with van der Waals surface area (Å²) in [4.78, 5) is 24.0. The zero-order valence-corrected chi connectivity index (χ0v) is 11.4. The Balaban J connectivity index is 2.77. The first kappa shape index (κ1) is 13.9. The van der Waals surface area contributed by atoms with Crippen LogP contribution >= 0.6 is 0 Å². The van der Waals surface area contributed by atoms with Crippen molar-refractivity contribution in [2.24, 2.45) is 0 Å². The first-order valence-electron chi connectivity index (χ1n) is 6.47. The van der Waals surface area contributed by atoms with Gasteiger partial charge in [-0.2, -0.15) is 0 Å². The fourth-order valence-corrected chi connectivity index (χ4v) is 2.19. The number of hydrogen-bond donors (Lipinski definition) is 0. The number of carbonyl (C=O) groups is 2. The first-order chi connectivity index (χ1) is 8.00. The van der Waals surface area contributed by atoms with Crippen LogP contribution in [0.2, 0.25) is 0 Å². The quantitative estimate of drug-likeness (QED) is 0.536. The Hall–Kier alpha value is -1.18. The molecule has 94 valence electrons. The third-order valence-corrected chi connectivity index (χ3v) is 3.59. The SMILES string of the molecule is CCCCCCC1=C(C)C(=O)C(C)=C(C)C1=O. The Labute approximate surface area is 104 Å². The average Bonchev–Trinajstić information content (AvgIpc) is 2.33. The zero-order valence-electron chi connectivity index (χ0n) is 11.4. The molecule has 0 aromatic rings. The molecular weight excluding hydrogens is 212 g/mol. The number of ketones is 2. The molecule has 0 bridgehead atoms. The summed E-state index contributed by atoms with van der Waals surface area (Å²) >= 11 is 0. The molecule has 0 fully saturated rings. The Morgan fingerprint density at radius 3 is 1.94 bits per heavy atom. The van der Waals surface area contributed by atoms with E-state index in [2.05, 4.69) is 6.92 Å². The number of hydrogen-bond acceptors (Lipinski definition) is 2. The maximum Gasteiger partial charge on any atom is 0.185 e. The van der Waals surface area contributed by atoms with Gasteiger partial charge in [-0.25, -0.2) is 0 Å². The second kappa shape index (κ2) is 5.95. The maximum atomic E-state index is 12.1. The molecule has 0 aliphatic heterocycles. The van der Waals surface area contributed by atoms with E-state index < -0.39 is 0 Å². The van der Waals surface area contributed by atoms with Crippen molar-refractivity contribution in [3.63, 3.8) is 0 Å². The highest BCUT2D eigenvalue weighted by molar-refractivity contribution is 6.24. The minimum Gasteiger partial charge on any atom is -0.289 e. The van der Waals surface area contributed by atoms with E-state index >= 15 is 0 Å². The fourth-order valence-electron chi connectivity index (χ4n) is 2.19. The van der Waals surface area contributed by atoms with E-state index in [9.17, 15) is 9.59 Å². The van der Waals surface area contributed by atoms with Crippen molar-refractivity contribution in [2.75, 3.05) is 0 Å². The van der Waals surface area contributed by atoms with Gasteiger partial charge in [-0.15, -0.1) is 0 Å².